The zero-order valence-electron chi connectivity index (χ0n) is 27.9. The highest BCUT2D eigenvalue weighted by molar-refractivity contribution is 5.86. The SMILES string of the molecule is COc1cc([C@@H]2c3cc4c(cc3[C@@H](NC(=O)[C@H](Cc3ccc(O)cc3)NC(=O)OCc3ccccc3)[C@H]3COC(O)[C@H]23)OCO4)cc(OC)c1O. The number of phenolic OH excluding ortho intramolecular Hbond substituents is 2. The van der Waals surface area contributed by atoms with Crippen molar-refractivity contribution in [3.05, 3.63) is 107 Å². The number of carbonyl (C=O) groups excluding carboxylic acids is 2. The second-order valence-corrected chi connectivity index (χ2v) is 12.7. The first-order chi connectivity index (χ1) is 24.7. The Hall–Kier alpha value is -5.66. The van der Waals surface area contributed by atoms with Crippen molar-refractivity contribution in [2.24, 2.45) is 11.8 Å². The van der Waals surface area contributed by atoms with Crippen LogP contribution in [-0.4, -0.2) is 67.3 Å². The number of aromatic hydroxyl groups is 2. The van der Waals surface area contributed by atoms with E-state index in [1.165, 1.54) is 26.4 Å². The standard InChI is InChI=1S/C38H38N2O11/c1-46-30-13-22(14-31(47-2)35(30)42)32-24-15-28-29(51-19-50-28)16-25(24)34(26-18-48-37(44)33(26)32)40-36(43)27(12-20-8-10-23(41)11-9-20)39-38(45)49-17-21-6-4-3-5-7-21/h3-11,13-16,26-27,32-34,37,41-42,44H,12,17-19H2,1-2H3,(H,39,45)(H,40,43)/t26-,27-,32+,33-,34+,37?/m0/s1. The van der Waals surface area contributed by atoms with Crippen molar-refractivity contribution < 1.29 is 53.3 Å². The van der Waals surface area contributed by atoms with Crippen molar-refractivity contribution in [1.29, 1.82) is 0 Å². The number of hydrogen-bond acceptors (Lipinski definition) is 11. The van der Waals surface area contributed by atoms with Gasteiger partial charge in [-0.3, -0.25) is 4.79 Å². The molecule has 0 saturated carbocycles. The number of ether oxygens (including phenoxy) is 6. The fraction of sp³-hybridized carbons (Fsp3) is 0.316. The number of alkyl carbamates (subject to hydrolysis) is 1. The fourth-order valence-electron chi connectivity index (χ4n) is 7.24. The number of aliphatic hydroxyl groups excluding tert-OH is 1. The van der Waals surface area contributed by atoms with Crippen molar-refractivity contribution in [1.82, 2.24) is 10.6 Å². The summed E-state index contributed by atoms with van der Waals surface area (Å²) in [5.41, 5.74) is 3.59. The van der Waals surface area contributed by atoms with Crippen molar-refractivity contribution in [3.8, 4) is 34.5 Å². The predicted molar refractivity (Wildman–Crippen MR) is 181 cm³/mol. The van der Waals surface area contributed by atoms with Crippen LogP contribution in [0.4, 0.5) is 4.79 Å². The largest absolute Gasteiger partial charge is 0.508 e. The maximum absolute atomic E-state index is 14.3. The number of amides is 2. The number of benzene rings is 4. The van der Waals surface area contributed by atoms with Gasteiger partial charge in [-0.25, -0.2) is 4.79 Å². The predicted octanol–water partition coefficient (Wildman–Crippen LogP) is 4.27. The molecule has 4 aromatic carbocycles. The first-order valence-electron chi connectivity index (χ1n) is 16.5. The number of hydrogen-bond donors (Lipinski definition) is 5. The molecule has 0 bridgehead atoms. The second kappa shape index (κ2) is 14.3. The smallest absolute Gasteiger partial charge is 0.408 e. The van der Waals surface area contributed by atoms with Gasteiger partial charge in [0, 0.05) is 24.2 Å². The molecule has 13 nitrogen and oxygen atoms in total. The topological polar surface area (TPSA) is 174 Å². The summed E-state index contributed by atoms with van der Waals surface area (Å²) in [7, 11) is 2.88. The molecule has 6 atom stereocenters. The molecule has 7 rings (SSSR count). The van der Waals surface area contributed by atoms with E-state index in [2.05, 4.69) is 10.6 Å². The van der Waals surface area contributed by atoms with Crippen LogP contribution in [0.2, 0.25) is 0 Å². The molecule has 51 heavy (non-hydrogen) atoms. The zero-order chi connectivity index (χ0) is 35.6. The number of phenols is 2. The Labute approximate surface area is 293 Å². The summed E-state index contributed by atoms with van der Waals surface area (Å²) >= 11 is 0. The second-order valence-electron chi connectivity index (χ2n) is 12.7. The summed E-state index contributed by atoms with van der Waals surface area (Å²) in [5.74, 6) is -0.735. The van der Waals surface area contributed by atoms with E-state index in [9.17, 15) is 24.9 Å². The maximum Gasteiger partial charge on any atom is 0.408 e. The third kappa shape index (κ3) is 6.77. The van der Waals surface area contributed by atoms with Gasteiger partial charge in [-0.15, -0.1) is 0 Å². The molecular formula is C38H38N2O11. The number of carbonyl (C=O) groups is 2. The highest BCUT2D eigenvalue weighted by atomic mass is 16.7. The quantitative estimate of drug-likeness (QED) is 0.160. The molecule has 0 spiro atoms. The monoisotopic (exact) mass is 698 g/mol. The van der Waals surface area contributed by atoms with Gasteiger partial charge < -0.3 is 54.4 Å². The Kier molecular flexibility index (Phi) is 9.48. The lowest BCUT2D eigenvalue weighted by molar-refractivity contribution is -0.124. The average molecular weight is 699 g/mol. The van der Waals surface area contributed by atoms with Gasteiger partial charge >= 0.3 is 6.09 Å². The third-order valence-corrected chi connectivity index (χ3v) is 9.70. The Balaban J connectivity index is 1.24. The van der Waals surface area contributed by atoms with Gasteiger partial charge in [0.25, 0.3) is 0 Å². The fourth-order valence-corrected chi connectivity index (χ4v) is 7.24. The van der Waals surface area contributed by atoms with Crippen molar-refractivity contribution >= 4 is 12.0 Å². The molecule has 1 aliphatic carbocycles. The number of aliphatic hydroxyl groups is 1. The Morgan fingerprint density at radius 2 is 1.55 bits per heavy atom. The van der Waals surface area contributed by atoms with E-state index < -0.39 is 48.1 Å². The van der Waals surface area contributed by atoms with Crippen LogP contribution in [0.3, 0.4) is 0 Å². The summed E-state index contributed by atoms with van der Waals surface area (Å²) in [6.45, 7) is 0.141. The minimum atomic E-state index is -1.21. The molecule has 1 fully saturated rings. The van der Waals surface area contributed by atoms with Crippen molar-refractivity contribution in [2.75, 3.05) is 27.6 Å². The van der Waals surface area contributed by atoms with Crippen LogP contribution in [0.1, 0.15) is 39.8 Å². The molecule has 0 radical (unpaired) electrons. The van der Waals surface area contributed by atoms with Gasteiger partial charge in [-0.1, -0.05) is 42.5 Å². The number of rotatable bonds is 10. The molecule has 1 unspecified atom stereocenters. The molecule has 266 valence electrons. The third-order valence-electron chi connectivity index (χ3n) is 9.70. The van der Waals surface area contributed by atoms with Crippen molar-refractivity contribution in [3.63, 3.8) is 0 Å². The maximum atomic E-state index is 14.3. The average Bonchev–Trinajstić information content (AvgIpc) is 3.77. The van der Waals surface area contributed by atoms with Gasteiger partial charge in [0.1, 0.15) is 18.4 Å². The number of nitrogens with one attached hydrogen (secondary N) is 2. The molecule has 5 N–H and O–H groups in total. The minimum absolute atomic E-state index is 0.0105. The Morgan fingerprint density at radius 1 is 0.882 bits per heavy atom. The Morgan fingerprint density at radius 3 is 2.22 bits per heavy atom. The number of fused-ring (bicyclic) bond motifs is 3. The molecule has 13 heteroatoms. The number of methoxy groups -OCH3 is 2. The molecule has 2 amide bonds. The van der Waals surface area contributed by atoms with Crippen LogP contribution in [0, 0.1) is 11.8 Å². The normalized spacial score (nSPS) is 21.9. The summed E-state index contributed by atoms with van der Waals surface area (Å²) in [4.78, 5) is 27.4. The summed E-state index contributed by atoms with van der Waals surface area (Å²) in [5, 5.41) is 37.7. The zero-order valence-corrected chi connectivity index (χ0v) is 27.9. The molecule has 4 aromatic rings. The van der Waals surface area contributed by atoms with Gasteiger partial charge in [0.2, 0.25) is 18.4 Å². The lowest BCUT2D eigenvalue weighted by atomic mass is 9.65. The molecule has 2 aliphatic heterocycles. The van der Waals surface area contributed by atoms with Crippen LogP contribution in [-0.2, 0) is 27.3 Å². The van der Waals surface area contributed by atoms with Gasteiger partial charge in [0.05, 0.1) is 26.9 Å². The van der Waals surface area contributed by atoms with Crippen LogP contribution >= 0.6 is 0 Å². The Bertz CT molecular complexity index is 1880. The van der Waals surface area contributed by atoms with Gasteiger partial charge in [-0.05, 0) is 64.2 Å². The summed E-state index contributed by atoms with van der Waals surface area (Å²) in [6.07, 6.45) is -1.89. The first kappa shape index (κ1) is 33.8. The van der Waals surface area contributed by atoms with E-state index in [0.717, 1.165) is 11.1 Å². The minimum Gasteiger partial charge on any atom is -0.508 e. The molecular weight excluding hydrogens is 660 g/mol. The van der Waals surface area contributed by atoms with Crippen LogP contribution < -0.4 is 29.6 Å². The van der Waals surface area contributed by atoms with Crippen molar-refractivity contribution in [2.45, 2.75) is 37.3 Å². The van der Waals surface area contributed by atoms with E-state index in [1.807, 2.05) is 42.5 Å². The lowest BCUT2D eigenvalue weighted by Gasteiger charge is -2.42. The molecule has 3 aliphatic rings. The van der Waals surface area contributed by atoms with E-state index in [0.29, 0.717) is 28.2 Å². The van der Waals surface area contributed by atoms with Crippen LogP contribution in [0.5, 0.6) is 34.5 Å². The first-order valence-corrected chi connectivity index (χ1v) is 16.5. The highest BCUT2D eigenvalue weighted by Crippen LogP contribution is 2.56. The molecule has 2 heterocycles. The highest BCUT2D eigenvalue weighted by Gasteiger charge is 2.52. The van der Waals surface area contributed by atoms with Gasteiger partial charge in [0.15, 0.2) is 29.3 Å². The van der Waals surface area contributed by atoms with Crippen LogP contribution in [0.25, 0.3) is 0 Å². The molecule has 1 saturated heterocycles. The van der Waals surface area contributed by atoms with E-state index >= 15 is 0 Å². The van der Waals surface area contributed by atoms with E-state index in [4.69, 9.17) is 28.4 Å². The van der Waals surface area contributed by atoms with Crippen LogP contribution in [0.15, 0.2) is 78.9 Å². The summed E-state index contributed by atoms with van der Waals surface area (Å²) in [6, 6.07) is 20.8. The van der Waals surface area contributed by atoms with E-state index in [1.54, 1.807) is 24.3 Å². The summed E-state index contributed by atoms with van der Waals surface area (Å²) < 4.78 is 33.7. The molecule has 0 aromatic heterocycles. The van der Waals surface area contributed by atoms with E-state index in [-0.39, 0.29) is 49.4 Å². The lowest BCUT2D eigenvalue weighted by Crippen LogP contribution is -2.51. The van der Waals surface area contributed by atoms with Gasteiger partial charge in [-0.2, -0.15) is 0 Å².